The molecule has 110 valence electrons. The minimum absolute atomic E-state index is 0.349. The molecule has 0 aromatic heterocycles. The third kappa shape index (κ3) is 3.86. The molecule has 3 heteroatoms. The second kappa shape index (κ2) is 7.13. The van der Waals surface area contributed by atoms with E-state index in [0.29, 0.717) is 11.8 Å². The second-order valence-electron chi connectivity index (χ2n) is 5.40. The number of esters is 1. The molecule has 0 N–H and O–H groups in total. The van der Waals surface area contributed by atoms with Crippen molar-refractivity contribution in [3.05, 3.63) is 34.9 Å². The van der Waals surface area contributed by atoms with Crippen LogP contribution in [0.1, 0.15) is 56.2 Å². The van der Waals surface area contributed by atoms with Crippen molar-refractivity contribution < 1.29 is 14.3 Å². The summed E-state index contributed by atoms with van der Waals surface area (Å²) in [6.07, 6.45) is 3.22. The maximum absolute atomic E-state index is 11.2. The van der Waals surface area contributed by atoms with Gasteiger partial charge in [0.2, 0.25) is 0 Å². The van der Waals surface area contributed by atoms with E-state index in [2.05, 4.69) is 44.6 Å². The summed E-state index contributed by atoms with van der Waals surface area (Å²) < 4.78 is 10.2. The Kier molecular flexibility index (Phi) is 5.81. The fourth-order valence-electron chi connectivity index (χ4n) is 2.12. The molecule has 0 saturated carbocycles. The fourth-order valence-corrected chi connectivity index (χ4v) is 2.12. The minimum atomic E-state index is -0.349. The molecule has 0 aliphatic rings. The Hall–Kier alpha value is -1.77. The van der Waals surface area contributed by atoms with Gasteiger partial charge in [-0.2, -0.15) is 0 Å². The van der Waals surface area contributed by atoms with E-state index in [9.17, 15) is 4.79 Å². The molecule has 0 saturated heterocycles. The predicted molar refractivity (Wildman–Crippen MR) is 82.2 cm³/mol. The van der Waals surface area contributed by atoms with Crippen LogP contribution < -0.4 is 4.74 Å². The van der Waals surface area contributed by atoms with E-state index in [0.717, 1.165) is 22.4 Å². The zero-order chi connectivity index (χ0) is 15.3. The van der Waals surface area contributed by atoms with E-state index in [1.165, 1.54) is 13.2 Å². The molecule has 0 unspecified atom stereocenters. The average molecular weight is 276 g/mol. The van der Waals surface area contributed by atoms with Crippen molar-refractivity contribution in [2.75, 3.05) is 14.2 Å². The summed E-state index contributed by atoms with van der Waals surface area (Å²) >= 11 is 0. The number of hydrogen-bond donors (Lipinski definition) is 0. The van der Waals surface area contributed by atoms with E-state index in [4.69, 9.17) is 4.74 Å². The smallest absolute Gasteiger partial charge is 0.330 e. The van der Waals surface area contributed by atoms with Crippen molar-refractivity contribution in [3.8, 4) is 5.75 Å². The van der Waals surface area contributed by atoms with E-state index >= 15 is 0 Å². The Bertz CT molecular complexity index is 470. The van der Waals surface area contributed by atoms with Crippen LogP contribution in [0.25, 0.3) is 6.08 Å². The van der Waals surface area contributed by atoms with Crippen LogP contribution in [0.15, 0.2) is 18.2 Å². The zero-order valence-corrected chi connectivity index (χ0v) is 13.2. The number of methoxy groups -OCH3 is 2. The third-order valence-electron chi connectivity index (χ3n) is 3.23. The first-order valence-corrected chi connectivity index (χ1v) is 6.88. The van der Waals surface area contributed by atoms with Crippen LogP contribution in [0.4, 0.5) is 0 Å². The minimum Gasteiger partial charge on any atom is -0.496 e. The number of ether oxygens (including phenoxy) is 2. The van der Waals surface area contributed by atoms with Gasteiger partial charge in [-0.3, -0.25) is 0 Å². The molecule has 0 bridgehead atoms. The van der Waals surface area contributed by atoms with Crippen molar-refractivity contribution in [1.82, 2.24) is 0 Å². The van der Waals surface area contributed by atoms with E-state index in [1.807, 2.05) is 0 Å². The Morgan fingerprint density at radius 2 is 1.55 bits per heavy atom. The highest BCUT2D eigenvalue weighted by Crippen LogP contribution is 2.35. The molecule has 0 heterocycles. The van der Waals surface area contributed by atoms with Gasteiger partial charge in [0.1, 0.15) is 5.75 Å². The van der Waals surface area contributed by atoms with Crippen molar-refractivity contribution in [2.45, 2.75) is 39.5 Å². The van der Waals surface area contributed by atoms with Crippen LogP contribution in [0.2, 0.25) is 0 Å². The van der Waals surface area contributed by atoms with Gasteiger partial charge in [-0.25, -0.2) is 4.79 Å². The number of hydrogen-bond acceptors (Lipinski definition) is 3. The molecule has 0 aliphatic carbocycles. The van der Waals surface area contributed by atoms with Crippen LogP contribution in [-0.2, 0) is 9.53 Å². The lowest BCUT2D eigenvalue weighted by Gasteiger charge is -2.19. The molecule has 0 spiro atoms. The monoisotopic (exact) mass is 276 g/mol. The third-order valence-corrected chi connectivity index (χ3v) is 3.23. The number of carbonyl (C=O) groups is 1. The highest BCUT2D eigenvalue weighted by Gasteiger charge is 2.15. The summed E-state index contributed by atoms with van der Waals surface area (Å²) in [5.74, 6) is 1.31. The summed E-state index contributed by atoms with van der Waals surface area (Å²) in [5.41, 5.74) is 3.30. The van der Waals surface area contributed by atoms with Crippen LogP contribution in [0.5, 0.6) is 5.75 Å². The number of rotatable bonds is 5. The first-order valence-electron chi connectivity index (χ1n) is 6.88. The van der Waals surface area contributed by atoms with Gasteiger partial charge in [-0.1, -0.05) is 27.7 Å². The molecular formula is C17H24O3. The largest absolute Gasteiger partial charge is 0.496 e. The Morgan fingerprint density at radius 3 is 1.90 bits per heavy atom. The molecule has 3 nitrogen and oxygen atoms in total. The van der Waals surface area contributed by atoms with Gasteiger partial charge < -0.3 is 9.47 Å². The molecule has 0 radical (unpaired) electrons. The summed E-state index contributed by atoms with van der Waals surface area (Å²) in [5, 5.41) is 0. The molecule has 1 aromatic rings. The summed E-state index contributed by atoms with van der Waals surface area (Å²) in [4.78, 5) is 11.2. The van der Waals surface area contributed by atoms with Crippen molar-refractivity contribution in [3.63, 3.8) is 0 Å². The predicted octanol–water partition coefficient (Wildman–Crippen LogP) is 4.13. The lowest BCUT2D eigenvalue weighted by atomic mass is 9.91. The van der Waals surface area contributed by atoms with E-state index in [1.54, 1.807) is 13.2 Å². The van der Waals surface area contributed by atoms with E-state index < -0.39 is 0 Å². The number of benzene rings is 1. The van der Waals surface area contributed by atoms with Crippen LogP contribution >= 0.6 is 0 Å². The van der Waals surface area contributed by atoms with Gasteiger partial charge in [0.05, 0.1) is 14.2 Å². The first kappa shape index (κ1) is 16.3. The first-order chi connectivity index (χ1) is 9.40. The van der Waals surface area contributed by atoms with Crippen LogP contribution in [-0.4, -0.2) is 20.2 Å². The lowest BCUT2D eigenvalue weighted by Crippen LogP contribution is -2.02. The maximum Gasteiger partial charge on any atom is 0.330 e. The molecule has 0 atom stereocenters. The Morgan fingerprint density at radius 1 is 1.05 bits per heavy atom. The number of carbonyl (C=O) groups excluding carboxylic acids is 1. The molecule has 1 aromatic carbocycles. The van der Waals surface area contributed by atoms with Gasteiger partial charge >= 0.3 is 5.97 Å². The van der Waals surface area contributed by atoms with E-state index in [-0.39, 0.29) is 5.97 Å². The highest BCUT2D eigenvalue weighted by molar-refractivity contribution is 5.87. The van der Waals surface area contributed by atoms with Crippen molar-refractivity contribution in [2.24, 2.45) is 0 Å². The lowest BCUT2D eigenvalue weighted by molar-refractivity contribution is -0.134. The van der Waals surface area contributed by atoms with Crippen molar-refractivity contribution in [1.29, 1.82) is 0 Å². The SMILES string of the molecule is COC(=O)/C=C/c1cc(C(C)C)c(OC)c(C(C)C)c1. The Balaban J connectivity index is 3.34. The van der Waals surface area contributed by atoms with Crippen LogP contribution in [0.3, 0.4) is 0 Å². The van der Waals surface area contributed by atoms with Crippen molar-refractivity contribution >= 4 is 12.0 Å². The summed E-state index contributed by atoms with van der Waals surface area (Å²) in [7, 11) is 3.08. The van der Waals surface area contributed by atoms with Gasteiger partial charge in [0, 0.05) is 6.08 Å². The average Bonchev–Trinajstić information content (AvgIpc) is 2.43. The molecule has 20 heavy (non-hydrogen) atoms. The molecule has 1 rings (SSSR count). The molecule has 0 fully saturated rings. The summed E-state index contributed by atoms with van der Waals surface area (Å²) in [6, 6.07) is 4.13. The van der Waals surface area contributed by atoms with Gasteiger partial charge in [-0.15, -0.1) is 0 Å². The van der Waals surface area contributed by atoms with Crippen LogP contribution in [0, 0.1) is 0 Å². The standard InChI is InChI=1S/C17H24O3/c1-11(2)14-9-13(7-8-16(18)19-5)10-15(12(3)4)17(14)20-6/h7-12H,1-6H3/b8-7+. The Labute approximate surface area is 121 Å². The van der Waals surface area contributed by atoms with Gasteiger partial charge in [0.15, 0.2) is 0 Å². The molecule has 0 amide bonds. The molecular weight excluding hydrogens is 252 g/mol. The zero-order valence-electron chi connectivity index (χ0n) is 13.2. The normalized spacial score (nSPS) is 11.4. The quantitative estimate of drug-likeness (QED) is 0.599. The summed E-state index contributed by atoms with van der Waals surface area (Å²) in [6.45, 7) is 8.54. The second-order valence-corrected chi connectivity index (χ2v) is 5.40. The molecule has 0 aliphatic heterocycles. The topological polar surface area (TPSA) is 35.5 Å². The highest BCUT2D eigenvalue weighted by atomic mass is 16.5. The maximum atomic E-state index is 11.2. The fraction of sp³-hybridized carbons (Fsp3) is 0.471. The van der Waals surface area contributed by atoms with Gasteiger partial charge in [-0.05, 0) is 46.7 Å². The van der Waals surface area contributed by atoms with Gasteiger partial charge in [0.25, 0.3) is 0 Å².